The summed E-state index contributed by atoms with van der Waals surface area (Å²) >= 11 is 0. The van der Waals surface area contributed by atoms with Gasteiger partial charge in [0, 0.05) is 12.0 Å². The van der Waals surface area contributed by atoms with Crippen molar-refractivity contribution in [3.63, 3.8) is 0 Å². The zero-order valence-corrected chi connectivity index (χ0v) is 16.8. The third-order valence-corrected chi connectivity index (χ3v) is 5.44. The van der Waals surface area contributed by atoms with Crippen LogP contribution in [-0.2, 0) is 11.3 Å². The molecule has 0 aliphatic carbocycles. The lowest BCUT2D eigenvalue weighted by molar-refractivity contribution is -0.121. The molecule has 0 saturated carbocycles. The van der Waals surface area contributed by atoms with E-state index in [0.29, 0.717) is 17.2 Å². The number of likely N-dealkylation sites (tertiary alicyclic amines) is 1. The molecule has 3 aromatic rings. The summed E-state index contributed by atoms with van der Waals surface area (Å²) < 4.78 is 10.6. The molecule has 1 saturated heterocycles. The molecule has 1 aliphatic rings. The number of methoxy groups -OCH3 is 2. The smallest absolute Gasteiger partial charge is 0.227 e. The predicted octanol–water partition coefficient (Wildman–Crippen LogP) is 3.43. The fourth-order valence-electron chi connectivity index (χ4n) is 3.78. The summed E-state index contributed by atoms with van der Waals surface area (Å²) in [5.74, 6) is 2.29. The van der Waals surface area contributed by atoms with Crippen LogP contribution < -0.4 is 14.8 Å². The maximum absolute atomic E-state index is 12.7. The van der Waals surface area contributed by atoms with Crippen molar-refractivity contribution in [1.82, 2.24) is 14.9 Å². The lowest BCUT2D eigenvalue weighted by Gasteiger charge is -2.30. The van der Waals surface area contributed by atoms with Gasteiger partial charge in [0.15, 0.2) is 0 Å². The van der Waals surface area contributed by atoms with Crippen LogP contribution in [-0.4, -0.2) is 48.1 Å². The highest BCUT2D eigenvalue weighted by atomic mass is 16.5. The van der Waals surface area contributed by atoms with E-state index in [4.69, 9.17) is 9.47 Å². The first-order valence-electron chi connectivity index (χ1n) is 9.85. The van der Waals surface area contributed by atoms with E-state index in [1.54, 1.807) is 20.3 Å². The van der Waals surface area contributed by atoms with Gasteiger partial charge in [-0.3, -0.25) is 9.69 Å². The van der Waals surface area contributed by atoms with Crippen molar-refractivity contribution in [2.75, 3.05) is 32.6 Å². The number of nitrogens with zero attached hydrogens (tertiary/aromatic N) is 2. The first kappa shape index (κ1) is 19.3. The Morgan fingerprint density at radius 3 is 2.69 bits per heavy atom. The van der Waals surface area contributed by atoms with Crippen LogP contribution in [0, 0.1) is 5.92 Å². The van der Waals surface area contributed by atoms with Crippen LogP contribution in [0.3, 0.4) is 0 Å². The number of para-hydroxylation sites is 2. The van der Waals surface area contributed by atoms with Gasteiger partial charge in [-0.2, -0.15) is 0 Å². The van der Waals surface area contributed by atoms with Crippen molar-refractivity contribution in [1.29, 1.82) is 0 Å². The normalized spacial score (nSPS) is 15.4. The number of benzene rings is 2. The average molecular weight is 394 g/mol. The minimum Gasteiger partial charge on any atom is -0.497 e. The van der Waals surface area contributed by atoms with E-state index < -0.39 is 0 Å². The quantitative estimate of drug-likeness (QED) is 0.670. The largest absolute Gasteiger partial charge is 0.497 e. The highest BCUT2D eigenvalue weighted by molar-refractivity contribution is 5.94. The number of anilines is 1. The Morgan fingerprint density at radius 2 is 1.97 bits per heavy atom. The molecule has 29 heavy (non-hydrogen) atoms. The average Bonchev–Trinajstić information content (AvgIpc) is 3.16. The number of piperidine rings is 1. The molecule has 152 valence electrons. The number of amides is 1. The molecule has 1 fully saturated rings. The van der Waals surface area contributed by atoms with Crippen molar-refractivity contribution in [2.45, 2.75) is 19.4 Å². The fraction of sp³-hybridized carbons (Fsp3) is 0.364. The lowest BCUT2D eigenvalue weighted by atomic mass is 9.95. The van der Waals surface area contributed by atoms with Gasteiger partial charge in [0.25, 0.3) is 0 Å². The van der Waals surface area contributed by atoms with E-state index in [9.17, 15) is 4.79 Å². The number of imidazole rings is 1. The number of nitrogens with one attached hydrogen (secondary N) is 2. The molecule has 1 amide bonds. The number of rotatable bonds is 6. The predicted molar refractivity (Wildman–Crippen MR) is 112 cm³/mol. The van der Waals surface area contributed by atoms with Crippen LogP contribution >= 0.6 is 0 Å². The van der Waals surface area contributed by atoms with Crippen LogP contribution in [0.15, 0.2) is 42.5 Å². The Hall–Kier alpha value is -3.06. The first-order chi connectivity index (χ1) is 14.2. The standard InChI is InChI=1S/C22H26N4O3/c1-28-16-7-8-19(20(13-16)29-2)25-22(27)15-9-11-26(12-10-15)14-21-23-17-5-3-4-6-18(17)24-21/h3-8,13,15H,9-12,14H2,1-2H3,(H,23,24)(H,25,27). The third-order valence-electron chi connectivity index (χ3n) is 5.44. The molecular weight excluding hydrogens is 368 g/mol. The van der Waals surface area contributed by atoms with Crippen LogP contribution in [0.1, 0.15) is 18.7 Å². The number of hydrogen-bond donors (Lipinski definition) is 2. The number of hydrogen-bond acceptors (Lipinski definition) is 5. The van der Waals surface area contributed by atoms with Gasteiger partial charge < -0.3 is 19.8 Å². The van der Waals surface area contributed by atoms with Gasteiger partial charge in [-0.15, -0.1) is 0 Å². The summed E-state index contributed by atoms with van der Waals surface area (Å²) in [6.45, 7) is 2.51. The maximum Gasteiger partial charge on any atom is 0.227 e. The monoisotopic (exact) mass is 394 g/mol. The molecule has 1 aromatic heterocycles. The SMILES string of the molecule is COc1ccc(NC(=O)C2CCN(Cc3nc4ccccc4[nH]3)CC2)c(OC)c1. The number of carbonyl (C=O) groups excluding carboxylic acids is 1. The van der Waals surface area contributed by atoms with Crippen LogP contribution in [0.5, 0.6) is 11.5 Å². The number of aromatic nitrogens is 2. The molecule has 0 spiro atoms. The van der Waals surface area contributed by atoms with Crippen LogP contribution in [0.25, 0.3) is 11.0 Å². The minimum atomic E-state index is -0.00580. The van der Waals surface area contributed by atoms with E-state index >= 15 is 0 Å². The molecule has 4 rings (SSSR count). The Bertz CT molecular complexity index is 960. The zero-order chi connectivity index (χ0) is 20.2. The third kappa shape index (κ3) is 4.35. The van der Waals surface area contributed by atoms with Gasteiger partial charge in [0.1, 0.15) is 17.3 Å². The molecule has 0 atom stereocenters. The summed E-state index contributed by atoms with van der Waals surface area (Å²) in [5.41, 5.74) is 2.72. The molecular formula is C22H26N4O3. The molecule has 7 nitrogen and oxygen atoms in total. The minimum absolute atomic E-state index is 0.00580. The first-order valence-corrected chi connectivity index (χ1v) is 9.85. The van der Waals surface area contributed by atoms with Crippen molar-refractivity contribution < 1.29 is 14.3 Å². The van der Waals surface area contributed by atoms with Gasteiger partial charge in [-0.25, -0.2) is 4.98 Å². The Labute approximate surface area is 170 Å². The molecule has 7 heteroatoms. The summed E-state index contributed by atoms with van der Waals surface area (Å²) in [5, 5.41) is 3.01. The summed E-state index contributed by atoms with van der Waals surface area (Å²) in [6.07, 6.45) is 1.65. The van der Waals surface area contributed by atoms with E-state index in [2.05, 4.69) is 20.2 Å². The molecule has 0 bridgehead atoms. The second kappa shape index (κ2) is 8.53. The Kier molecular flexibility index (Phi) is 5.67. The summed E-state index contributed by atoms with van der Waals surface area (Å²) in [6, 6.07) is 13.4. The maximum atomic E-state index is 12.7. The summed E-state index contributed by atoms with van der Waals surface area (Å²) in [4.78, 5) is 23.1. The highest BCUT2D eigenvalue weighted by Gasteiger charge is 2.26. The topological polar surface area (TPSA) is 79.5 Å². The van der Waals surface area contributed by atoms with E-state index in [-0.39, 0.29) is 11.8 Å². The fourth-order valence-corrected chi connectivity index (χ4v) is 3.78. The van der Waals surface area contributed by atoms with Gasteiger partial charge >= 0.3 is 0 Å². The van der Waals surface area contributed by atoms with E-state index in [1.807, 2.05) is 36.4 Å². The second-order valence-electron chi connectivity index (χ2n) is 7.31. The van der Waals surface area contributed by atoms with Crippen molar-refractivity contribution >= 4 is 22.6 Å². The molecule has 1 aliphatic heterocycles. The van der Waals surface area contributed by atoms with Crippen molar-refractivity contribution in [3.8, 4) is 11.5 Å². The molecule has 2 N–H and O–H groups in total. The van der Waals surface area contributed by atoms with Crippen molar-refractivity contribution in [3.05, 3.63) is 48.3 Å². The van der Waals surface area contributed by atoms with Crippen LogP contribution in [0.2, 0.25) is 0 Å². The van der Waals surface area contributed by atoms with Crippen LogP contribution in [0.4, 0.5) is 5.69 Å². The summed E-state index contributed by atoms with van der Waals surface area (Å²) in [7, 11) is 3.19. The number of ether oxygens (including phenoxy) is 2. The molecule has 0 radical (unpaired) electrons. The number of carbonyl (C=O) groups is 1. The number of aromatic amines is 1. The molecule has 0 unspecified atom stereocenters. The van der Waals surface area contributed by atoms with E-state index in [0.717, 1.165) is 49.3 Å². The Morgan fingerprint density at radius 1 is 1.17 bits per heavy atom. The van der Waals surface area contributed by atoms with Gasteiger partial charge in [-0.1, -0.05) is 12.1 Å². The van der Waals surface area contributed by atoms with Crippen molar-refractivity contribution in [2.24, 2.45) is 5.92 Å². The zero-order valence-electron chi connectivity index (χ0n) is 16.8. The number of fused-ring (bicyclic) bond motifs is 1. The van der Waals surface area contributed by atoms with Gasteiger partial charge in [-0.05, 0) is 50.2 Å². The molecule has 2 heterocycles. The van der Waals surface area contributed by atoms with Gasteiger partial charge in [0.05, 0.1) is 37.5 Å². The Balaban J connectivity index is 1.32. The lowest BCUT2D eigenvalue weighted by Crippen LogP contribution is -2.38. The highest BCUT2D eigenvalue weighted by Crippen LogP contribution is 2.30. The van der Waals surface area contributed by atoms with Gasteiger partial charge in [0.2, 0.25) is 5.91 Å². The molecule has 2 aromatic carbocycles. The second-order valence-corrected chi connectivity index (χ2v) is 7.31. The van der Waals surface area contributed by atoms with E-state index in [1.165, 1.54) is 0 Å². The number of H-pyrrole nitrogens is 1.